The van der Waals surface area contributed by atoms with Gasteiger partial charge in [0.15, 0.2) is 0 Å². The van der Waals surface area contributed by atoms with E-state index in [0.29, 0.717) is 11.3 Å². The van der Waals surface area contributed by atoms with Crippen LogP contribution in [-0.2, 0) is 0 Å². The van der Waals surface area contributed by atoms with Crippen LogP contribution in [0.1, 0.15) is 24.8 Å². The van der Waals surface area contributed by atoms with E-state index in [2.05, 4.69) is 11.4 Å². The number of hydrogen-bond donors (Lipinski definition) is 2. The van der Waals surface area contributed by atoms with Crippen molar-refractivity contribution in [3.8, 4) is 6.07 Å². The van der Waals surface area contributed by atoms with Gasteiger partial charge in [0.05, 0.1) is 16.9 Å². The van der Waals surface area contributed by atoms with E-state index >= 15 is 0 Å². The first kappa shape index (κ1) is 9.85. The molecule has 1 aliphatic rings. The Kier molecular flexibility index (Phi) is 2.77. The van der Waals surface area contributed by atoms with Crippen molar-refractivity contribution in [2.45, 2.75) is 19.3 Å². The number of nitrogens with zero attached hydrogens (tertiary/aromatic N) is 1. The molecule has 15 heavy (non-hydrogen) atoms. The molecule has 3 N–H and O–H groups in total. The van der Waals surface area contributed by atoms with Crippen molar-refractivity contribution in [2.75, 3.05) is 17.6 Å². The van der Waals surface area contributed by atoms with Crippen LogP contribution in [0.15, 0.2) is 18.2 Å². The minimum atomic E-state index is 0.548. The maximum absolute atomic E-state index is 8.81. The van der Waals surface area contributed by atoms with Gasteiger partial charge >= 0.3 is 0 Å². The Bertz CT molecular complexity index is 388. The van der Waals surface area contributed by atoms with Gasteiger partial charge in [-0.25, -0.2) is 0 Å². The van der Waals surface area contributed by atoms with Gasteiger partial charge in [-0.15, -0.1) is 0 Å². The molecule has 0 unspecified atom stereocenters. The fraction of sp³-hybridized carbons (Fsp3) is 0.417. The Morgan fingerprint density at radius 3 is 2.93 bits per heavy atom. The number of nitrogen functional groups attached to an aromatic ring is 1. The molecule has 1 aliphatic carbocycles. The normalized spacial score (nSPS) is 14.6. The quantitative estimate of drug-likeness (QED) is 0.735. The first-order valence-electron chi connectivity index (χ1n) is 5.33. The number of nitrogens with one attached hydrogen (secondary N) is 1. The molecule has 0 amide bonds. The number of para-hydroxylation sites is 1. The number of anilines is 2. The highest BCUT2D eigenvalue weighted by molar-refractivity contribution is 5.72. The summed E-state index contributed by atoms with van der Waals surface area (Å²) in [6.45, 7) is 0.948. The molecule has 3 heteroatoms. The number of rotatable bonds is 4. The molecule has 1 saturated carbocycles. The Labute approximate surface area is 89.9 Å². The van der Waals surface area contributed by atoms with Crippen LogP contribution in [-0.4, -0.2) is 6.54 Å². The predicted molar refractivity (Wildman–Crippen MR) is 61.4 cm³/mol. The predicted octanol–water partition coefficient (Wildman–Crippen LogP) is 2.35. The van der Waals surface area contributed by atoms with Crippen LogP contribution in [0.4, 0.5) is 11.4 Å². The molecule has 2 rings (SSSR count). The van der Waals surface area contributed by atoms with Crippen LogP contribution >= 0.6 is 0 Å². The molecular weight excluding hydrogens is 186 g/mol. The van der Waals surface area contributed by atoms with Crippen molar-refractivity contribution in [1.29, 1.82) is 5.26 Å². The molecule has 0 aromatic heterocycles. The monoisotopic (exact) mass is 201 g/mol. The summed E-state index contributed by atoms with van der Waals surface area (Å²) in [4.78, 5) is 0. The smallest absolute Gasteiger partial charge is 0.101 e. The lowest BCUT2D eigenvalue weighted by Gasteiger charge is -2.09. The topological polar surface area (TPSA) is 61.8 Å². The summed E-state index contributed by atoms with van der Waals surface area (Å²) in [6.07, 6.45) is 3.95. The summed E-state index contributed by atoms with van der Waals surface area (Å²) in [5.41, 5.74) is 7.84. The average molecular weight is 201 g/mol. The lowest BCUT2D eigenvalue weighted by Crippen LogP contribution is -2.05. The highest BCUT2D eigenvalue weighted by atomic mass is 14.9. The van der Waals surface area contributed by atoms with Crippen LogP contribution < -0.4 is 11.1 Å². The van der Waals surface area contributed by atoms with Gasteiger partial charge < -0.3 is 11.1 Å². The molecular formula is C12H15N3. The maximum Gasteiger partial charge on any atom is 0.101 e. The van der Waals surface area contributed by atoms with Crippen molar-refractivity contribution in [3.63, 3.8) is 0 Å². The fourth-order valence-electron chi connectivity index (χ4n) is 1.63. The Hall–Kier alpha value is -1.69. The van der Waals surface area contributed by atoms with Crippen molar-refractivity contribution in [3.05, 3.63) is 23.8 Å². The minimum Gasteiger partial charge on any atom is -0.396 e. The summed E-state index contributed by atoms with van der Waals surface area (Å²) < 4.78 is 0. The van der Waals surface area contributed by atoms with Crippen LogP contribution in [0.2, 0.25) is 0 Å². The van der Waals surface area contributed by atoms with Crippen molar-refractivity contribution in [1.82, 2.24) is 0 Å². The van der Waals surface area contributed by atoms with Crippen LogP contribution in [0.5, 0.6) is 0 Å². The zero-order valence-corrected chi connectivity index (χ0v) is 8.66. The summed E-state index contributed by atoms with van der Waals surface area (Å²) >= 11 is 0. The molecule has 3 nitrogen and oxygen atoms in total. The summed E-state index contributed by atoms with van der Waals surface area (Å²) in [5.74, 6) is 0.915. The fourth-order valence-corrected chi connectivity index (χ4v) is 1.63. The summed E-state index contributed by atoms with van der Waals surface area (Å²) in [5, 5.41) is 12.1. The van der Waals surface area contributed by atoms with Crippen LogP contribution in [0.25, 0.3) is 0 Å². The van der Waals surface area contributed by atoms with Gasteiger partial charge in [-0.05, 0) is 24.5 Å². The highest BCUT2D eigenvalue weighted by Gasteiger charge is 2.20. The Morgan fingerprint density at radius 2 is 2.27 bits per heavy atom. The van der Waals surface area contributed by atoms with E-state index < -0.39 is 0 Å². The Morgan fingerprint density at radius 1 is 1.47 bits per heavy atom. The van der Waals surface area contributed by atoms with Crippen LogP contribution in [0.3, 0.4) is 0 Å². The third kappa shape index (κ3) is 2.41. The molecule has 0 spiro atoms. The zero-order chi connectivity index (χ0) is 10.7. The lowest BCUT2D eigenvalue weighted by atomic mass is 10.1. The third-order valence-electron chi connectivity index (χ3n) is 2.79. The van der Waals surface area contributed by atoms with Gasteiger partial charge in [-0.3, -0.25) is 0 Å². The summed E-state index contributed by atoms with van der Waals surface area (Å²) in [7, 11) is 0. The third-order valence-corrected chi connectivity index (χ3v) is 2.79. The van der Waals surface area contributed by atoms with E-state index in [0.717, 1.165) is 18.2 Å². The SMILES string of the molecule is N#Cc1cccc(NCCC2CC2)c1N. The van der Waals surface area contributed by atoms with Crippen molar-refractivity contribution >= 4 is 11.4 Å². The maximum atomic E-state index is 8.81. The molecule has 78 valence electrons. The molecule has 1 aromatic rings. The van der Waals surface area contributed by atoms with Gasteiger partial charge in [0.1, 0.15) is 6.07 Å². The van der Waals surface area contributed by atoms with Gasteiger partial charge in [-0.2, -0.15) is 5.26 Å². The first-order valence-corrected chi connectivity index (χ1v) is 5.33. The van der Waals surface area contributed by atoms with E-state index in [4.69, 9.17) is 11.0 Å². The highest BCUT2D eigenvalue weighted by Crippen LogP contribution is 2.32. The van der Waals surface area contributed by atoms with Crippen molar-refractivity contribution in [2.24, 2.45) is 5.92 Å². The molecule has 0 bridgehead atoms. The van der Waals surface area contributed by atoms with E-state index in [-0.39, 0.29) is 0 Å². The lowest BCUT2D eigenvalue weighted by molar-refractivity contribution is 0.760. The standard InChI is InChI=1S/C12H15N3/c13-8-10-2-1-3-11(12(10)14)15-7-6-9-4-5-9/h1-3,9,15H,4-7,14H2. The van der Waals surface area contributed by atoms with Gasteiger partial charge in [0.25, 0.3) is 0 Å². The number of nitriles is 1. The van der Waals surface area contributed by atoms with Gasteiger partial charge in [-0.1, -0.05) is 18.9 Å². The summed E-state index contributed by atoms with van der Waals surface area (Å²) in [6, 6.07) is 7.59. The van der Waals surface area contributed by atoms with Crippen LogP contribution in [0, 0.1) is 17.2 Å². The van der Waals surface area contributed by atoms with Gasteiger partial charge in [0.2, 0.25) is 0 Å². The second-order valence-electron chi connectivity index (χ2n) is 4.04. The largest absolute Gasteiger partial charge is 0.396 e. The molecule has 1 aromatic carbocycles. The zero-order valence-electron chi connectivity index (χ0n) is 8.66. The molecule has 0 saturated heterocycles. The average Bonchev–Trinajstić information content (AvgIpc) is 3.04. The number of hydrogen-bond acceptors (Lipinski definition) is 3. The molecule has 1 fully saturated rings. The van der Waals surface area contributed by atoms with E-state index in [1.807, 2.05) is 12.1 Å². The van der Waals surface area contributed by atoms with Crippen molar-refractivity contribution < 1.29 is 0 Å². The molecule has 0 radical (unpaired) electrons. The first-order chi connectivity index (χ1) is 7.31. The van der Waals surface area contributed by atoms with E-state index in [1.54, 1.807) is 6.07 Å². The molecule has 0 heterocycles. The molecule has 0 atom stereocenters. The Balaban J connectivity index is 1.97. The number of nitrogens with two attached hydrogens (primary N) is 1. The van der Waals surface area contributed by atoms with E-state index in [9.17, 15) is 0 Å². The second-order valence-corrected chi connectivity index (χ2v) is 4.04. The second kappa shape index (κ2) is 4.22. The molecule has 0 aliphatic heterocycles. The van der Waals surface area contributed by atoms with E-state index in [1.165, 1.54) is 19.3 Å². The van der Waals surface area contributed by atoms with Gasteiger partial charge in [0, 0.05) is 6.54 Å². The minimum absolute atomic E-state index is 0.548. The number of benzene rings is 1.